The number of aryl methyl sites for hydroxylation is 2. The molecule has 1 aromatic carbocycles. The number of amides is 2. The monoisotopic (exact) mass is 362 g/mol. The quantitative estimate of drug-likeness (QED) is 0.543. The molecule has 2 amide bonds. The summed E-state index contributed by atoms with van der Waals surface area (Å²) in [5, 5.41) is 21.4. The van der Waals surface area contributed by atoms with Crippen LogP contribution in [0.2, 0.25) is 0 Å². The van der Waals surface area contributed by atoms with Crippen LogP contribution in [0.4, 0.5) is 5.69 Å². The summed E-state index contributed by atoms with van der Waals surface area (Å²) in [5.74, 6) is -1.64. The predicted octanol–water partition coefficient (Wildman–Crippen LogP) is 1.66. The lowest BCUT2D eigenvalue weighted by molar-refractivity contribution is -0.138. The summed E-state index contributed by atoms with van der Waals surface area (Å²) in [7, 11) is 0. The molecule has 2 rings (SSSR count). The molecule has 1 aliphatic heterocycles. The maximum atomic E-state index is 11.6. The van der Waals surface area contributed by atoms with E-state index in [1.165, 1.54) is 13.1 Å². The number of thioether (sulfide) groups is 1. The normalized spacial score (nSPS) is 18.6. The third-order valence-corrected chi connectivity index (χ3v) is 4.53. The highest BCUT2D eigenvalue weighted by atomic mass is 32.2. The average Bonchev–Trinajstić information content (AvgIpc) is 2.83. The molecule has 1 aliphatic rings. The smallest absolute Gasteiger partial charge is 0.305 e. The van der Waals surface area contributed by atoms with E-state index >= 15 is 0 Å². The van der Waals surface area contributed by atoms with Crippen LogP contribution >= 0.6 is 11.8 Å². The number of nitrogens with one attached hydrogen (secondary N) is 2. The van der Waals surface area contributed by atoms with Crippen LogP contribution in [0.15, 0.2) is 22.3 Å². The van der Waals surface area contributed by atoms with E-state index < -0.39 is 17.1 Å². The number of carboxylic acids is 1. The second-order valence-electron chi connectivity index (χ2n) is 5.55. The highest BCUT2D eigenvalue weighted by Crippen LogP contribution is 2.23. The van der Waals surface area contributed by atoms with E-state index in [1.54, 1.807) is 0 Å². The zero-order chi connectivity index (χ0) is 18.6. The van der Waals surface area contributed by atoms with E-state index in [-0.39, 0.29) is 17.5 Å². The number of carboxylic acid groups (broad SMARTS) is 1. The standard InChI is InChI=1S/C16H18N4O4S/c1-8-4-11(12(5-9(8)2)18-10(3)21)7-17-20-16-19-15(24)13(25-16)6-14(22)23/h4-5,7,13H,6H2,1-3H3,(H,18,21)(H,22,23)(H,19,20,24). The van der Waals surface area contributed by atoms with E-state index in [2.05, 4.69) is 20.8 Å². The van der Waals surface area contributed by atoms with Gasteiger partial charge in [0.15, 0.2) is 5.17 Å². The summed E-state index contributed by atoms with van der Waals surface area (Å²) >= 11 is 1.03. The Labute approximate surface area is 148 Å². The lowest BCUT2D eigenvalue weighted by Crippen LogP contribution is -2.26. The second kappa shape index (κ2) is 7.93. The van der Waals surface area contributed by atoms with Crippen molar-refractivity contribution in [2.45, 2.75) is 32.4 Å². The zero-order valence-corrected chi connectivity index (χ0v) is 14.8. The average molecular weight is 362 g/mol. The van der Waals surface area contributed by atoms with Crippen molar-refractivity contribution in [2.75, 3.05) is 5.32 Å². The summed E-state index contributed by atoms with van der Waals surface area (Å²) < 4.78 is 0. The van der Waals surface area contributed by atoms with Gasteiger partial charge in [0.25, 0.3) is 0 Å². The van der Waals surface area contributed by atoms with Gasteiger partial charge in [-0.15, -0.1) is 5.10 Å². The minimum atomic E-state index is -1.05. The molecule has 0 radical (unpaired) electrons. The van der Waals surface area contributed by atoms with Gasteiger partial charge in [0.2, 0.25) is 11.8 Å². The Kier molecular flexibility index (Phi) is 5.92. The van der Waals surface area contributed by atoms with Crippen molar-refractivity contribution in [1.82, 2.24) is 5.32 Å². The first-order valence-corrected chi connectivity index (χ1v) is 8.33. The topological polar surface area (TPSA) is 120 Å². The minimum absolute atomic E-state index is 0.195. The number of hydrogen-bond donors (Lipinski definition) is 3. The van der Waals surface area contributed by atoms with Gasteiger partial charge in [-0.05, 0) is 37.1 Å². The number of aliphatic carboxylic acids is 1. The molecule has 8 nitrogen and oxygen atoms in total. The van der Waals surface area contributed by atoms with Gasteiger partial charge >= 0.3 is 5.97 Å². The molecular formula is C16H18N4O4S. The molecule has 0 saturated carbocycles. The Hall–Kier alpha value is -2.68. The predicted molar refractivity (Wildman–Crippen MR) is 97.0 cm³/mol. The van der Waals surface area contributed by atoms with Gasteiger partial charge in [-0.3, -0.25) is 14.4 Å². The van der Waals surface area contributed by atoms with Crippen LogP contribution in [-0.4, -0.2) is 39.5 Å². The maximum absolute atomic E-state index is 11.6. The molecule has 0 spiro atoms. The number of hydrogen-bond acceptors (Lipinski definition) is 6. The van der Waals surface area contributed by atoms with Crippen LogP contribution in [0.3, 0.4) is 0 Å². The van der Waals surface area contributed by atoms with Crippen molar-refractivity contribution in [3.05, 3.63) is 28.8 Å². The molecule has 1 saturated heterocycles. The third-order valence-electron chi connectivity index (χ3n) is 3.46. The minimum Gasteiger partial charge on any atom is -0.481 e. The van der Waals surface area contributed by atoms with Crippen molar-refractivity contribution in [1.29, 1.82) is 0 Å². The molecular weight excluding hydrogens is 344 g/mol. The lowest BCUT2D eigenvalue weighted by atomic mass is 10.0. The molecule has 1 aromatic rings. The molecule has 1 atom stereocenters. The van der Waals surface area contributed by atoms with Crippen LogP contribution in [-0.2, 0) is 14.4 Å². The van der Waals surface area contributed by atoms with Gasteiger partial charge in [0, 0.05) is 18.2 Å². The number of rotatable bonds is 5. The molecule has 25 heavy (non-hydrogen) atoms. The van der Waals surface area contributed by atoms with E-state index in [0.29, 0.717) is 11.3 Å². The first-order valence-electron chi connectivity index (χ1n) is 7.45. The number of nitrogens with zero attached hydrogens (tertiary/aromatic N) is 2. The molecule has 9 heteroatoms. The summed E-state index contributed by atoms with van der Waals surface area (Å²) in [4.78, 5) is 33.7. The van der Waals surface area contributed by atoms with E-state index in [9.17, 15) is 14.4 Å². The molecule has 1 heterocycles. The van der Waals surface area contributed by atoms with Gasteiger partial charge in [-0.25, -0.2) is 0 Å². The lowest BCUT2D eigenvalue weighted by Gasteiger charge is -2.09. The van der Waals surface area contributed by atoms with Gasteiger partial charge in [-0.1, -0.05) is 11.8 Å². The number of carbonyl (C=O) groups is 3. The van der Waals surface area contributed by atoms with Crippen LogP contribution in [0, 0.1) is 13.8 Å². The van der Waals surface area contributed by atoms with Crippen LogP contribution in [0.25, 0.3) is 0 Å². The van der Waals surface area contributed by atoms with E-state index in [4.69, 9.17) is 5.11 Å². The fraction of sp³-hybridized carbons (Fsp3) is 0.312. The van der Waals surface area contributed by atoms with Crippen molar-refractivity contribution in [3.63, 3.8) is 0 Å². The van der Waals surface area contributed by atoms with E-state index in [1.807, 2.05) is 26.0 Å². The molecule has 0 aliphatic carbocycles. The summed E-state index contributed by atoms with van der Waals surface area (Å²) in [6.45, 7) is 5.30. The number of benzene rings is 1. The Morgan fingerprint density at radius 3 is 2.68 bits per heavy atom. The second-order valence-corrected chi connectivity index (χ2v) is 6.74. The van der Waals surface area contributed by atoms with E-state index in [0.717, 1.165) is 22.9 Å². The van der Waals surface area contributed by atoms with Gasteiger partial charge in [0.1, 0.15) is 5.25 Å². The van der Waals surface area contributed by atoms with Crippen LogP contribution in [0.1, 0.15) is 30.0 Å². The summed E-state index contributed by atoms with van der Waals surface area (Å²) in [6, 6.07) is 3.72. The molecule has 0 aromatic heterocycles. The zero-order valence-electron chi connectivity index (χ0n) is 14.0. The number of carbonyl (C=O) groups excluding carboxylic acids is 2. The maximum Gasteiger partial charge on any atom is 0.305 e. The fourth-order valence-corrected chi connectivity index (χ4v) is 3.05. The Morgan fingerprint density at radius 1 is 1.36 bits per heavy atom. The van der Waals surface area contributed by atoms with Gasteiger partial charge in [-0.2, -0.15) is 5.10 Å². The molecule has 1 unspecified atom stereocenters. The Balaban J connectivity index is 2.16. The number of amidine groups is 1. The van der Waals surface area contributed by atoms with Crippen molar-refractivity contribution in [2.24, 2.45) is 10.2 Å². The van der Waals surface area contributed by atoms with Crippen LogP contribution < -0.4 is 10.6 Å². The molecule has 132 valence electrons. The first-order chi connectivity index (χ1) is 11.8. The van der Waals surface area contributed by atoms with Crippen molar-refractivity contribution >= 4 is 46.6 Å². The first kappa shape index (κ1) is 18.7. The highest BCUT2D eigenvalue weighted by molar-refractivity contribution is 8.15. The largest absolute Gasteiger partial charge is 0.481 e. The molecule has 0 bridgehead atoms. The van der Waals surface area contributed by atoms with Crippen molar-refractivity contribution < 1.29 is 19.5 Å². The Morgan fingerprint density at radius 2 is 2.04 bits per heavy atom. The summed E-state index contributed by atoms with van der Waals surface area (Å²) in [5.41, 5.74) is 3.36. The van der Waals surface area contributed by atoms with Gasteiger partial charge in [0.05, 0.1) is 12.6 Å². The van der Waals surface area contributed by atoms with Crippen LogP contribution in [0.5, 0.6) is 0 Å². The molecule has 1 fully saturated rings. The third kappa shape index (κ3) is 5.15. The van der Waals surface area contributed by atoms with Crippen molar-refractivity contribution in [3.8, 4) is 0 Å². The number of anilines is 1. The Bertz CT molecular complexity index is 789. The highest BCUT2D eigenvalue weighted by Gasteiger charge is 2.32. The summed E-state index contributed by atoms with van der Waals surface area (Å²) in [6.07, 6.45) is 1.20. The SMILES string of the molecule is CC(=O)Nc1cc(C)c(C)cc1C=NN=C1NC(=O)C(CC(=O)O)S1. The fourth-order valence-electron chi connectivity index (χ4n) is 2.13. The molecule has 3 N–H and O–H groups in total. The van der Waals surface area contributed by atoms with Gasteiger partial charge < -0.3 is 15.7 Å².